The van der Waals surface area contributed by atoms with Crippen molar-refractivity contribution in [3.05, 3.63) is 94.5 Å². The number of amides is 1. The van der Waals surface area contributed by atoms with Crippen molar-refractivity contribution in [1.82, 2.24) is 5.43 Å². The van der Waals surface area contributed by atoms with Crippen LogP contribution in [0.5, 0.6) is 11.5 Å². The number of ether oxygens (including phenoxy) is 2. The summed E-state index contributed by atoms with van der Waals surface area (Å²) in [6.45, 7) is 1.75. The highest BCUT2D eigenvalue weighted by Gasteiger charge is 2.40. The fraction of sp³-hybridized carbons (Fsp3) is 0.167. The number of hydrogen-bond donors (Lipinski definition) is 2. The van der Waals surface area contributed by atoms with Gasteiger partial charge in [-0.1, -0.05) is 48.0 Å². The van der Waals surface area contributed by atoms with Crippen LogP contribution in [0, 0.1) is 0 Å². The van der Waals surface area contributed by atoms with E-state index in [-0.39, 0.29) is 0 Å². The first kappa shape index (κ1) is 22.3. The third-order valence-corrected chi connectivity index (χ3v) is 5.14. The van der Waals surface area contributed by atoms with E-state index in [2.05, 4.69) is 10.5 Å². The predicted molar refractivity (Wildman–Crippen MR) is 121 cm³/mol. The van der Waals surface area contributed by atoms with Gasteiger partial charge in [0.25, 0.3) is 5.91 Å². The average Bonchev–Trinajstić information content (AvgIpc) is 2.82. The first-order valence-corrected chi connectivity index (χ1v) is 9.88. The molecule has 160 valence electrons. The largest absolute Gasteiger partial charge is 0.497 e. The molecule has 31 heavy (non-hydrogen) atoms. The molecule has 0 radical (unpaired) electrons. The maximum Gasteiger partial charge on any atom is 0.281 e. The van der Waals surface area contributed by atoms with Crippen molar-refractivity contribution in [2.75, 3.05) is 14.2 Å². The molecular formula is C24H23ClN2O4. The van der Waals surface area contributed by atoms with Crippen molar-refractivity contribution >= 4 is 23.2 Å². The Bertz CT molecular complexity index is 1050. The van der Waals surface area contributed by atoms with Gasteiger partial charge in [0, 0.05) is 16.1 Å². The number of carbonyl (C=O) groups excluding carboxylic acids is 1. The molecule has 0 aromatic heterocycles. The van der Waals surface area contributed by atoms with Crippen LogP contribution in [0.1, 0.15) is 23.6 Å². The number of nitrogens with zero attached hydrogens (tertiary/aromatic N) is 1. The van der Waals surface area contributed by atoms with E-state index in [0.29, 0.717) is 33.4 Å². The summed E-state index contributed by atoms with van der Waals surface area (Å²) in [7, 11) is 3.03. The highest BCUT2D eigenvalue weighted by molar-refractivity contribution is 6.30. The third-order valence-electron chi connectivity index (χ3n) is 4.89. The van der Waals surface area contributed by atoms with Crippen molar-refractivity contribution in [1.29, 1.82) is 0 Å². The molecule has 0 bridgehead atoms. The molecule has 3 aromatic rings. The van der Waals surface area contributed by atoms with E-state index in [9.17, 15) is 9.90 Å². The van der Waals surface area contributed by atoms with Crippen LogP contribution in [0.2, 0.25) is 5.02 Å². The molecule has 0 heterocycles. The first-order valence-electron chi connectivity index (χ1n) is 9.50. The van der Waals surface area contributed by atoms with E-state index >= 15 is 0 Å². The molecule has 0 atom stereocenters. The lowest BCUT2D eigenvalue weighted by molar-refractivity contribution is -0.136. The number of hydrogen-bond acceptors (Lipinski definition) is 5. The maximum atomic E-state index is 13.3. The number of aliphatic hydroxyl groups is 1. The Balaban J connectivity index is 2.01. The fourth-order valence-corrected chi connectivity index (χ4v) is 3.22. The van der Waals surface area contributed by atoms with Crippen molar-refractivity contribution < 1.29 is 19.4 Å². The van der Waals surface area contributed by atoms with E-state index in [0.717, 1.165) is 5.56 Å². The summed E-state index contributed by atoms with van der Waals surface area (Å²) in [4.78, 5) is 13.3. The van der Waals surface area contributed by atoms with Gasteiger partial charge < -0.3 is 14.6 Å². The number of rotatable bonds is 7. The summed E-state index contributed by atoms with van der Waals surface area (Å²) in [5.41, 5.74) is 2.47. The molecule has 2 N–H and O–H groups in total. The second-order valence-corrected chi connectivity index (χ2v) is 7.26. The minimum absolute atomic E-state index is 0.331. The predicted octanol–water partition coefficient (Wildman–Crippen LogP) is 4.13. The summed E-state index contributed by atoms with van der Waals surface area (Å²) in [6, 6.07) is 20.4. The van der Waals surface area contributed by atoms with Gasteiger partial charge in [0.15, 0.2) is 5.60 Å². The summed E-state index contributed by atoms with van der Waals surface area (Å²) in [5, 5.41) is 16.5. The highest BCUT2D eigenvalue weighted by atomic mass is 35.5. The molecule has 3 aromatic carbocycles. The van der Waals surface area contributed by atoms with E-state index in [1.54, 1.807) is 79.7 Å². The molecule has 6 nitrogen and oxygen atoms in total. The lowest BCUT2D eigenvalue weighted by Crippen LogP contribution is -2.44. The SMILES string of the molecule is COc1cccc(C(O)(C(=O)NN=C(C)c2ccc(Cl)cc2)c2cccc(OC)c2)c1. The standard InChI is InChI=1S/C24H23ClN2O4/c1-16(17-10-12-20(25)13-11-17)26-27-23(28)24(29,18-6-4-8-21(14-18)30-2)19-7-5-9-22(15-19)31-3/h4-15,29H,1-3H3,(H,27,28). The van der Waals surface area contributed by atoms with Gasteiger partial charge in [0.05, 0.1) is 19.9 Å². The van der Waals surface area contributed by atoms with Gasteiger partial charge in [-0.3, -0.25) is 4.79 Å². The van der Waals surface area contributed by atoms with Crippen LogP contribution in [0.3, 0.4) is 0 Å². The molecular weight excluding hydrogens is 416 g/mol. The van der Waals surface area contributed by atoms with Crippen LogP contribution in [-0.4, -0.2) is 30.9 Å². The zero-order valence-electron chi connectivity index (χ0n) is 17.4. The second kappa shape index (κ2) is 9.64. The molecule has 0 unspecified atom stereocenters. The Morgan fingerprint density at radius 1 is 0.935 bits per heavy atom. The number of methoxy groups -OCH3 is 2. The Kier molecular flexibility index (Phi) is 6.95. The number of benzene rings is 3. The molecule has 0 aliphatic rings. The quantitative estimate of drug-likeness (QED) is 0.429. The van der Waals surface area contributed by atoms with E-state index in [1.807, 2.05) is 0 Å². The first-order chi connectivity index (χ1) is 14.9. The van der Waals surface area contributed by atoms with Crippen LogP contribution in [0.25, 0.3) is 0 Å². The summed E-state index contributed by atoms with van der Waals surface area (Å²) < 4.78 is 10.5. The van der Waals surface area contributed by atoms with E-state index in [4.69, 9.17) is 21.1 Å². The zero-order valence-corrected chi connectivity index (χ0v) is 18.2. The minimum Gasteiger partial charge on any atom is -0.497 e. The highest BCUT2D eigenvalue weighted by Crippen LogP contribution is 2.33. The minimum atomic E-state index is -2.03. The van der Waals surface area contributed by atoms with Gasteiger partial charge in [-0.25, -0.2) is 5.43 Å². The van der Waals surface area contributed by atoms with Gasteiger partial charge in [-0.2, -0.15) is 5.10 Å². The zero-order chi connectivity index (χ0) is 22.4. The Labute approximate surface area is 186 Å². The Hall–Kier alpha value is -3.35. The molecule has 7 heteroatoms. The number of hydrazone groups is 1. The number of nitrogens with one attached hydrogen (secondary N) is 1. The van der Waals surface area contributed by atoms with Gasteiger partial charge in [-0.15, -0.1) is 0 Å². The van der Waals surface area contributed by atoms with Crippen molar-refractivity contribution in [2.45, 2.75) is 12.5 Å². The van der Waals surface area contributed by atoms with Crippen LogP contribution in [0.4, 0.5) is 0 Å². The van der Waals surface area contributed by atoms with Gasteiger partial charge in [-0.05, 0) is 48.9 Å². The van der Waals surface area contributed by atoms with Gasteiger partial charge in [0.1, 0.15) is 11.5 Å². The Morgan fingerprint density at radius 2 is 1.45 bits per heavy atom. The fourth-order valence-electron chi connectivity index (χ4n) is 3.10. The lowest BCUT2D eigenvalue weighted by Gasteiger charge is -2.27. The second-order valence-electron chi connectivity index (χ2n) is 6.82. The molecule has 0 saturated heterocycles. The monoisotopic (exact) mass is 438 g/mol. The Morgan fingerprint density at radius 3 is 1.94 bits per heavy atom. The average molecular weight is 439 g/mol. The lowest BCUT2D eigenvalue weighted by atomic mass is 9.85. The van der Waals surface area contributed by atoms with E-state index < -0.39 is 11.5 Å². The molecule has 1 amide bonds. The molecule has 0 saturated carbocycles. The van der Waals surface area contributed by atoms with Crippen LogP contribution in [-0.2, 0) is 10.4 Å². The van der Waals surface area contributed by atoms with Crippen molar-refractivity contribution in [3.63, 3.8) is 0 Å². The van der Waals surface area contributed by atoms with Crippen LogP contribution >= 0.6 is 11.6 Å². The topological polar surface area (TPSA) is 80.2 Å². The third kappa shape index (κ3) is 4.87. The molecule has 0 fully saturated rings. The summed E-state index contributed by atoms with van der Waals surface area (Å²) in [6.07, 6.45) is 0. The normalized spacial score (nSPS) is 11.7. The van der Waals surface area contributed by atoms with Gasteiger partial charge >= 0.3 is 0 Å². The molecule has 3 rings (SSSR count). The van der Waals surface area contributed by atoms with E-state index in [1.165, 1.54) is 14.2 Å². The number of carbonyl (C=O) groups is 1. The molecule has 0 aliphatic carbocycles. The number of halogens is 1. The van der Waals surface area contributed by atoms with Gasteiger partial charge in [0.2, 0.25) is 0 Å². The maximum absolute atomic E-state index is 13.3. The molecule has 0 aliphatic heterocycles. The van der Waals surface area contributed by atoms with Crippen LogP contribution in [0.15, 0.2) is 77.9 Å². The molecule has 0 spiro atoms. The van der Waals surface area contributed by atoms with Crippen LogP contribution < -0.4 is 14.9 Å². The summed E-state index contributed by atoms with van der Waals surface area (Å²) in [5.74, 6) is 0.294. The smallest absolute Gasteiger partial charge is 0.281 e. The van der Waals surface area contributed by atoms with Crippen molar-refractivity contribution in [2.24, 2.45) is 5.10 Å². The van der Waals surface area contributed by atoms with Crippen molar-refractivity contribution in [3.8, 4) is 11.5 Å². The summed E-state index contributed by atoms with van der Waals surface area (Å²) >= 11 is 5.93.